The van der Waals surface area contributed by atoms with Crippen molar-refractivity contribution < 1.29 is 23.1 Å². The Balaban J connectivity index is 1.54. The Hall–Kier alpha value is -3.06. The second-order valence-corrected chi connectivity index (χ2v) is 11.9. The van der Waals surface area contributed by atoms with E-state index < -0.39 is 17.7 Å². The first-order valence-electron chi connectivity index (χ1n) is 13.6. The first-order valence-corrected chi connectivity index (χ1v) is 13.6. The van der Waals surface area contributed by atoms with Gasteiger partial charge in [0.25, 0.3) is 0 Å². The largest absolute Gasteiger partial charge is 0.481 e. The van der Waals surface area contributed by atoms with Gasteiger partial charge in [0.05, 0.1) is 12.0 Å². The number of allylic oxidation sites excluding steroid dienone is 1. The maximum Gasteiger partial charge on any atom is 0.416 e. The van der Waals surface area contributed by atoms with E-state index in [1.807, 2.05) is 13.0 Å². The van der Waals surface area contributed by atoms with Crippen molar-refractivity contribution in [2.75, 3.05) is 19.6 Å². The predicted octanol–water partition coefficient (Wildman–Crippen LogP) is 7.46. The topological polar surface area (TPSA) is 43.8 Å². The first-order chi connectivity index (χ1) is 18.2. The van der Waals surface area contributed by atoms with Crippen molar-refractivity contribution in [3.05, 3.63) is 87.6 Å². The summed E-state index contributed by atoms with van der Waals surface area (Å²) in [7, 11) is 0. The number of rotatable bonds is 7. The van der Waals surface area contributed by atoms with Crippen molar-refractivity contribution in [2.45, 2.75) is 72.6 Å². The minimum Gasteiger partial charge on any atom is -0.481 e. The van der Waals surface area contributed by atoms with Crippen LogP contribution in [0.5, 0.6) is 0 Å². The van der Waals surface area contributed by atoms with E-state index in [0.717, 1.165) is 72.9 Å². The summed E-state index contributed by atoms with van der Waals surface area (Å²) in [4.78, 5) is 16.0. The molecule has 2 aliphatic rings. The van der Waals surface area contributed by atoms with Crippen molar-refractivity contribution in [3.63, 3.8) is 0 Å². The number of hydrogen-bond acceptors (Lipinski definition) is 3. The molecular formula is C32H39F3N2O2. The molecule has 0 unspecified atom stereocenters. The van der Waals surface area contributed by atoms with Crippen molar-refractivity contribution in [1.82, 2.24) is 9.80 Å². The minimum atomic E-state index is -4.35. The van der Waals surface area contributed by atoms with Gasteiger partial charge in [0, 0.05) is 38.4 Å². The number of aliphatic carboxylic acids is 1. The van der Waals surface area contributed by atoms with E-state index >= 15 is 0 Å². The molecular weight excluding hydrogens is 501 g/mol. The Morgan fingerprint density at radius 1 is 1.08 bits per heavy atom. The van der Waals surface area contributed by atoms with Gasteiger partial charge in [0.15, 0.2) is 0 Å². The van der Waals surface area contributed by atoms with Gasteiger partial charge in [-0.3, -0.25) is 9.69 Å². The Kier molecular flexibility index (Phi) is 8.31. The number of carbonyl (C=O) groups is 1. The molecule has 1 fully saturated rings. The summed E-state index contributed by atoms with van der Waals surface area (Å²) >= 11 is 0. The van der Waals surface area contributed by atoms with E-state index in [1.165, 1.54) is 11.6 Å². The van der Waals surface area contributed by atoms with Gasteiger partial charge < -0.3 is 10.0 Å². The van der Waals surface area contributed by atoms with E-state index in [2.05, 4.69) is 42.4 Å². The smallest absolute Gasteiger partial charge is 0.416 e. The van der Waals surface area contributed by atoms with Crippen molar-refractivity contribution >= 4 is 11.5 Å². The highest BCUT2D eigenvalue weighted by Crippen LogP contribution is 2.37. The number of fused-ring (bicyclic) bond motifs is 1. The third kappa shape index (κ3) is 6.75. The molecule has 210 valence electrons. The van der Waals surface area contributed by atoms with Crippen molar-refractivity contribution in [1.29, 1.82) is 0 Å². The van der Waals surface area contributed by atoms with E-state index in [1.54, 1.807) is 13.0 Å². The molecule has 0 bridgehead atoms. The lowest BCUT2D eigenvalue weighted by atomic mass is 9.82. The maximum absolute atomic E-state index is 13.4. The Labute approximate surface area is 229 Å². The summed E-state index contributed by atoms with van der Waals surface area (Å²) in [6.45, 7) is 16.0. The molecule has 2 aromatic carbocycles. The molecule has 0 amide bonds. The Morgan fingerprint density at radius 2 is 1.77 bits per heavy atom. The zero-order chi connectivity index (χ0) is 28.5. The van der Waals surface area contributed by atoms with Crippen LogP contribution in [0.2, 0.25) is 0 Å². The number of carboxylic acid groups (broad SMARTS) is 1. The number of alkyl halides is 3. The molecule has 0 aliphatic carbocycles. The molecule has 1 saturated heterocycles. The van der Waals surface area contributed by atoms with Crippen molar-refractivity contribution in [2.24, 2.45) is 5.41 Å². The molecule has 0 atom stereocenters. The highest BCUT2D eigenvalue weighted by molar-refractivity contribution is 5.80. The molecule has 4 rings (SSSR count). The highest BCUT2D eigenvalue weighted by atomic mass is 19.4. The van der Waals surface area contributed by atoms with E-state index in [-0.39, 0.29) is 11.8 Å². The summed E-state index contributed by atoms with van der Waals surface area (Å²) in [6.07, 6.45) is -1.51. The predicted molar refractivity (Wildman–Crippen MR) is 149 cm³/mol. The van der Waals surface area contributed by atoms with Crippen LogP contribution in [0.3, 0.4) is 0 Å². The molecule has 0 spiro atoms. The van der Waals surface area contributed by atoms with Gasteiger partial charge in [-0.2, -0.15) is 13.2 Å². The zero-order valence-electron chi connectivity index (χ0n) is 23.4. The monoisotopic (exact) mass is 540 g/mol. The molecule has 7 heteroatoms. The van der Waals surface area contributed by atoms with Gasteiger partial charge in [0.2, 0.25) is 0 Å². The van der Waals surface area contributed by atoms with Crippen molar-refractivity contribution in [3.8, 4) is 0 Å². The van der Waals surface area contributed by atoms with Gasteiger partial charge in [-0.25, -0.2) is 0 Å². The molecule has 2 aliphatic heterocycles. The summed E-state index contributed by atoms with van der Waals surface area (Å²) in [5, 5.41) is 9.48. The Bertz CT molecular complexity index is 1280. The fraction of sp³-hybridized carbons (Fsp3) is 0.469. The number of carboxylic acids is 1. The number of benzene rings is 2. The summed E-state index contributed by atoms with van der Waals surface area (Å²) in [5.41, 5.74) is 6.65. The van der Waals surface area contributed by atoms with Crippen LogP contribution in [0.4, 0.5) is 13.2 Å². The second kappa shape index (κ2) is 11.2. The van der Waals surface area contributed by atoms with Crippen LogP contribution in [-0.2, 0) is 30.5 Å². The lowest BCUT2D eigenvalue weighted by Gasteiger charge is -2.40. The average molecular weight is 541 g/mol. The third-order valence-corrected chi connectivity index (χ3v) is 8.33. The molecule has 0 radical (unpaired) electrons. The van der Waals surface area contributed by atoms with Crippen LogP contribution >= 0.6 is 0 Å². The number of nitrogens with zero attached hydrogens (tertiary/aromatic N) is 2. The molecule has 2 aromatic rings. The van der Waals surface area contributed by atoms with Gasteiger partial charge in [0.1, 0.15) is 0 Å². The summed E-state index contributed by atoms with van der Waals surface area (Å²) in [5.74, 6) is -0.850. The molecule has 4 nitrogen and oxygen atoms in total. The number of piperidine rings is 1. The molecule has 0 saturated carbocycles. The van der Waals surface area contributed by atoms with Gasteiger partial charge >= 0.3 is 12.1 Å². The summed E-state index contributed by atoms with van der Waals surface area (Å²) < 4.78 is 40.1. The molecule has 1 N–H and O–H groups in total. The Morgan fingerprint density at radius 3 is 2.41 bits per heavy atom. The van der Waals surface area contributed by atoms with E-state index in [4.69, 9.17) is 0 Å². The number of likely N-dealkylation sites (tertiary alicyclic amines) is 1. The number of halogens is 3. The molecule has 39 heavy (non-hydrogen) atoms. The zero-order valence-corrected chi connectivity index (χ0v) is 23.4. The standard InChI is InChI=1S/C32H39F3N2O2/c1-21(17-29(38)39)30(37-15-12-31(4,5)13-16-37)23(3)24-9-10-27-20-36(14-11-25(27)18-24)19-26-7-6-8-28(22(26)2)32(33,34)35/h6-10,18H,3,11-17,19-20H2,1-2,4-5H3,(H,38,39)/b30-21-. The third-order valence-electron chi connectivity index (χ3n) is 8.33. The normalized spacial score (nSPS) is 18.4. The maximum atomic E-state index is 13.4. The lowest BCUT2D eigenvalue weighted by molar-refractivity contribution is -0.138. The van der Waals surface area contributed by atoms with E-state index in [9.17, 15) is 23.1 Å². The highest BCUT2D eigenvalue weighted by Gasteiger charge is 2.33. The average Bonchev–Trinajstić information content (AvgIpc) is 2.85. The lowest BCUT2D eigenvalue weighted by Crippen LogP contribution is -2.37. The molecule has 2 heterocycles. The first kappa shape index (κ1) is 28.9. The van der Waals surface area contributed by atoms with E-state index in [0.29, 0.717) is 24.2 Å². The SMILES string of the molecule is C=C(/C(=C(\C)CC(=O)O)N1CCC(C)(C)CC1)c1ccc2c(c1)CCN(Cc1cccc(C(F)(F)F)c1C)C2. The quantitative estimate of drug-likeness (QED) is 0.370. The fourth-order valence-electron chi connectivity index (χ4n) is 5.84. The van der Waals surface area contributed by atoms with Crippen LogP contribution in [-0.4, -0.2) is 40.5 Å². The van der Waals surface area contributed by atoms with Crippen LogP contribution in [0.15, 0.2) is 54.2 Å². The minimum absolute atomic E-state index is 0.0247. The second-order valence-electron chi connectivity index (χ2n) is 11.9. The summed E-state index contributed by atoms with van der Waals surface area (Å²) in [6, 6.07) is 10.7. The molecule has 0 aromatic heterocycles. The van der Waals surface area contributed by atoms with Crippen LogP contribution in [0.25, 0.3) is 5.57 Å². The van der Waals surface area contributed by atoms with Gasteiger partial charge in [-0.1, -0.05) is 50.8 Å². The van der Waals surface area contributed by atoms with Gasteiger partial charge in [-0.15, -0.1) is 0 Å². The fourth-order valence-corrected chi connectivity index (χ4v) is 5.84. The van der Waals surface area contributed by atoms with Crippen LogP contribution < -0.4 is 0 Å². The number of hydrogen-bond donors (Lipinski definition) is 1. The van der Waals surface area contributed by atoms with Crippen LogP contribution in [0.1, 0.15) is 73.4 Å². The van der Waals surface area contributed by atoms with Crippen LogP contribution in [0, 0.1) is 12.3 Å². The van der Waals surface area contributed by atoms with Gasteiger partial charge in [-0.05, 0) is 83.6 Å².